The van der Waals surface area contributed by atoms with E-state index in [4.69, 9.17) is 0 Å². The first-order valence-corrected chi connectivity index (χ1v) is 8.67. The van der Waals surface area contributed by atoms with Crippen molar-refractivity contribution in [2.45, 2.75) is 24.9 Å². The van der Waals surface area contributed by atoms with Gasteiger partial charge in [-0.25, -0.2) is 0 Å². The van der Waals surface area contributed by atoms with Gasteiger partial charge in [-0.2, -0.15) is 13.2 Å². The highest BCUT2D eigenvalue weighted by molar-refractivity contribution is 5.82. The standard InChI is InChI=1S/C19H17F3N4O/c20-19(21,22)13-6-4-12(5-7-13)14-11-15(14)18(27)23-9-8-17-25-24-16-3-1-2-10-26(16)17/h1-7,10,14-15H,8-9,11H2,(H,23,27). The van der Waals surface area contributed by atoms with Crippen molar-refractivity contribution in [3.05, 3.63) is 65.6 Å². The van der Waals surface area contributed by atoms with Crippen molar-refractivity contribution in [2.75, 3.05) is 6.54 Å². The first-order chi connectivity index (χ1) is 12.9. The van der Waals surface area contributed by atoms with Gasteiger partial charge >= 0.3 is 6.18 Å². The minimum absolute atomic E-state index is 0.0128. The van der Waals surface area contributed by atoms with Crippen LogP contribution in [0.25, 0.3) is 5.65 Å². The molecule has 2 atom stereocenters. The summed E-state index contributed by atoms with van der Waals surface area (Å²) >= 11 is 0. The molecule has 2 aromatic heterocycles. The van der Waals surface area contributed by atoms with Crippen LogP contribution in [0, 0.1) is 5.92 Å². The number of carbonyl (C=O) groups is 1. The van der Waals surface area contributed by atoms with Gasteiger partial charge in [0.1, 0.15) is 5.82 Å². The molecule has 0 radical (unpaired) electrons. The molecule has 0 spiro atoms. The van der Waals surface area contributed by atoms with E-state index < -0.39 is 11.7 Å². The SMILES string of the molecule is O=C(NCCc1nnc2ccccn12)C1CC1c1ccc(C(F)(F)F)cc1. The topological polar surface area (TPSA) is 59.3 Å². The molecule has 0 aliphatic heterocycles. The summed E-state index contributed by atoms with van der Waals surface area (Å²) in [4.78, 5) is 12.3. The molecule has 27 heavy (non-hydrogen) atoms. The third-order valence-electron chi connectivity index (χ3n) is 4.83. The fourth-order valence-corrected chi connectivity index (χ4v) is 3.26. The van der Waals surface area contributed by atoms with Crippen molar-refractivity contribution in [1.82, 2.24) is 19.9 Å². The van der Waals surface area contributed by atoms with E-state index in [0.29, 0.717) is 19.4 Å². The van der Waals surface area contributed by atoms with Crippen LogP contribution in [0.2, 0.25) is 0 Å². The number of halogens is 3. The smallest absolute Gasteiger partial charge is 0.355 e. The molecule has 2 unspecified atom stereocenters. The molecule has 1 aliphatic carbocycles. The number of aromatic nitrogens is 3. The van der Waals surface area contributed by atoms with Crippen LogP contribution in [0.15, 0.2) is 48.7 Å². The van der Waals surface area contributed by atoms with Crippen LogP contribution in [-0.2, 0) is 17.4 Å². The summed E-state index contributed by atoms with van der Waals surface area (Å²) in [6, 6.07) is 10.7. The number of carbonyl (C=O) groups excluding carboxylic acids is 1. The zero-order valence-electron chi connectivity index (χ0n) is 14.3. The van der Waals surface area contributed by atoms with Gasteiger partial charge in [-0.15, -0.1) is 10.2 Å². The lowest BCUT2D eigenvalue weighted by Gasteiger charge is -2.08. The maximum Gasteiger partial charge on any atom is 0.416 e. The van der Waals surface area contributed by atoms with Crippen molar-refractivity contribution < 1.29 is 18.0 Å². The second kappa shape index (κ2) is 6.68. The molecule has 1 aromatic carbocycles. The van der Waals surface area contributed by atoms with Gasteiger partial charge in [0, 0.05) is 25.1 Å². The van der Waals surface area contributed by atoms with Crippen molar-refractivity contribution in [1.29, 1.82) is 0 Å². The number of nitrogens with zero attached hydrogens (tertiary/aromatic N) is 3. The minimum Gasteiger partial charge on any atom is -0.355 e. The third-order valence-corrected chi connectivity index (χ3v) is 4.83. The van der Waals surface area contributed by atoms with E-state index in [1.807, 2.05) is 28.8 Å². The first-order valence-electron chi connectivity index (χ1n) is 8.67. The molecule has 1 saturated carbocycles. The van der Waals surface area contributed by atoms with Crippen LogP contribution in [0.1, 0.15) is 29.3 Å². The quantitative estimate of drug-likeness (QED) is 0.746. The zero-order chi connectivity index (χ0) is 19.0. The molecule has 140 valence electrons. The van der Waals surface area contributed by atoms with Crippen LogP contribution < -0.4 is 5.32 Å². The molecule has 8 heteroatoms. The lowest BCUT2D eigenvalue weighted by molar-refractivity contribution is -0.137. The maximum absolute atomic E-state index is 12.6. The molecule has 1 aliphatic rings. The Balaban J connectivity index is 1.30. The molecule has 5 nitrogen and oxygen atoms in total. The van der Waals surface area contributed by atoms with Gasteiger partial charge in [0.25, 0.3) is 0 Å². The zero-order valence-corrected chi connectivity index (χ0v) is 14.3. The van der Waals surface area contributed by atoms with E-state index in [2.05, 4.69) is 15.5 Å². The fraction of sp³-hybridized carbons (Fsp3) is 0.316. The molecule has 1 fully saturated rings. The van der Waals surface area contributed by atoms with E-state index in [0.717, 1.165) is 29.2 Å². The predicted molar refractivity (Wildman–Crippen MR) is 92.0 cm³/mol. The first kappa shape index (κ1) is 17.5. The largest absolute Gasteiger partial charge is 0.416 e. The van der Waals surface area contributed by atoms with Crippen LogP contribution >= 0.6 is 0 Å². The summed E-state index contributed by atoms with van der Waals surface area (Å²) in [5, 5.41) is 11.1. The maximum atomic E-state index is 12.6. The summed E-state index contributed by atoms with van der Waals surface area (Å²) in [7, 11) is 0. The van der Waals surface area contributed by atoms with E-state index in [1.165, 1.54) is 12.1 Å². The van der Waals surface area contributed by atoms with Gasteiger partial charge in [0.2, 0.25) is 5.91 Å². The van der Waals surface area contributed by atoms with E-state index >= 15 is 0 Å². The molecule has 2 heterocycles. The number of pyridine rings is 1. The highest BCUT2D eigenvalue weighted by Gasteiger charge is 2.44. The normalized spacial score (nSPS) is 19.2. The Bertz CT molecular complexity index is 965. The molecular formula is C19H17F3N4O. The number of alkyl halides is 3. The Morgan fingerprint density at radius 3 is 2.67 bits per heavy atom. The fourth-order valence-electron chi connectivity index (χ4n) is 3.26. The number of hydrogen-bond acceptors (Lipinski definition) is 3. The minimum atomic E-state index is -4.34. The highest BCUT2D eigenvalue weighted by Crippen LogP contribution is 2.47. The number of amides is 1. The lowest BCUT2D eigenvalue weighted by Crippen LogP contribution is -2.28. The average molecular weight is 374 g/mol. The Hall–Kier alpha value is -2.90. The van der Waals surface area contributed by atoms with E-state index in [1.54, 1.807) is 0 Å². The second-order valence-electron chi connectivity index (χ2n) is 6.65. The predicted octanol–water partition coefficient (Wildman–Crippen LogP) is 3.21. The molecule has 0 bridgehead atoms. The Labute approximate surface area is 153 Å². The van der Waals surface area contributed by atoms with E-state index in [9.17, 15) is 18.0 Å². The summed E-state index contributed by atoms with van der Waals surface area (Å²) in [5.74, 6) is 0.493. The van der Waals surface area contributed by atoms with Gasteiger partial charge in [-0.05, 0) is 42.2 Å². The molecule has 4 rings (SSSR count). The van der Waals surface area contributed by atoms with Crippen LogP contribution in [0.3, 0.4) is 0 Å². The number of rotatable bonds is 5. The Kier molecular flexibility index (Phi) is 4.33. The van der Waals surface area contributed by atoms with Crippen molar-refractivity contribution in [2.24, 2.45) is 5.92 Å². The molecule has 3 aromatic rings. The Morgan fingerprint density at radius 2 is 1.93 bits per heavy atom. The van der Waals surface area contributed by atoms with Crippen LogP contribution in [0.5, 0.6) is 0 Å². The highest BCUT2D eigenvalue weighted by atomic mass is 19.4. The number of fused-ring (bicyclic) bond motifs is 1. The number of nitrogens with one attached hydrogen (secondary N) is 1. The van der Waals surface area contributed by atoms with Crippen molar-refractivity contribution in [3.8, 4) is 0 Å². The molecule has 1 N–H and O–H groups in total. The van der Waals surface area contributed by atoms with Gasteiger partial charge in [-0.3, -0.25) is 9.20 Å². The summed E-state index contributed by atoms with van der Waals surface area (Å²) in [5.41, 5.74) is 0.850. The average Bonchev–Trinajstić information content (AvgIpc) is 3.36. The summed E-state index contributed by atoms with van der Waals surface area (Å²) in [6.45, 7) is 0.435. The number of benzene rings is 1. The molecular weight excluding hydrogens is 357 g/mol. The van der Waals surface area contributed by atoms with Crippen molar-refractivity contribution >= 4 is 11.6 Å². The third kappa shape index (κ3) is 3.65. The Morgan fingerprint density at radius 1 is 1.15 bits per heavy atom. The molecule has 0 saturated heterocycles. The van der Waals surface area contributed by atoms with Crippen molar-refractivity contribution in [3.63, 3.8) is 0 Å². The monoisotopic (exact) mass is 374 g/mol. The van der Waals surface area contributed by atoms with Gasteiger partial charge in [0.15, 0.2) is 5.65 Å². The van der Waals surface area contributed by atoms with Crippen LogP contribution in [-0.4, -0.2) is 27.0 Å². The lowest BCUT2D eigenvalue weighted by atomic mass is 10.1. The van der Waals surface area contributed by atoms with Gasteiger partial charge < -0.3 is 5.32 Å². The molecule has 1 amide bonds. The number of hydrogen-bond donors (Lipinski definition) is 1. The summed E-state index contributed by atoms with van der Waals surface area (Å²) in [6.07, 6.45) is -1.27. The van der Waals surface area contributed by atoms with Gasteiger partial charge in [0.05, 0.1) is 5.56 Å². The van der Waals surface area contributed by atoms with E-state index in [-0.39, 0.29) is 17.7 Å². The summed E-state index contributed by atoms with van der Waals surface area (Å²) < 4.78 is 39.7. The second-order valence-corrected chi connectivity index (χ2v) is 6.65. The van der Waals surface area contributed by atoms with Gasteiger partial charge in [-0.1, -0.05) is 18.2 Å². The van der Waals surface area contributed by atoms with Crippen LogP contribution in [0.4, 0.5) is 13.2 Å².